The van der Waals surface area contributed by atoms with Crippen molar-refractivity contribution in [3.63, 3.8) is 0 Å². The van der Waals surface area contributed by atoms with Crippen LogP contribution in [-0.4, -0.2) is 50.1 Å². The van der Waals surface area contributed by atoms with Crippen molar-refractivity contribution in [1.29, 1.82) is 0 Å². The minimum absolute atomic E-state index is 0.00408. The van der Waals surface area contributed by atoms with E-state index in [4.69, 9.17) is 11.6 Å². The number of para-hydroxylation sites is 2. The molecular formula is C23H29ClN4O2+2. The highest BCUT2D eigenvalue weighted by atomic mass is 35.5. The number of nitrogens with zero attached hydrogens (tertiary/aromatic N) is 1. The topological polar surface area (TPSA) is 58.3 Å². The Morgan fingerprint density at radius 1 is 1.07 bits per heavy atom. The minimum atomic E-state index is -0.912. The van der Waals surface area contributed by atoms with Gasteiger partial charge >= 0.3 is 0 Å². The van der Waals surface area contributed by atoms with Crippen molar-refractivity contribution in [2.24, 2.45) is 0 Å². The van der Waals surface area contributed by atoms with Crippen molar-refractivity contribution >= 4 is 34.8 Å². The number of rotatable bonds is 4. The second-order valence-corrected chi connectivity index (χ2v) is 9.18. The molecule has 0 saturated carbocycles. The third-order valence-electron chi connectivity index (χ3n) is 6.17. The van der Waals surface area contributed by atoms with Crippen LogP contribution < -0.4 is 20.0 Å². The summed E-state index contributed by atoms with van der Waals surface area (Å²) in [5, 5.41) is 3.69. The molecule has 2 aromatic carbocycles. The summed E-state index contributed by atoms with van der Waals surface area (Å²) in [4.78, 5) is 30.4. The summed E-state index contributed by atoms with van der Waals surface area (Å²) < 4.78 is 0. The minimum Gasteiger partial charge on any atom is -0.322 e. The summed E-state index contributed by atoms with van der Waals surface area (Å²) in [6.07, 6.45) is 0. The van der Waals surface area contributed by atoms with Crippen molar-refractivity contribution in [3.05, 3.63) is 59.1 Å². The normalized spacial score (nSPS) is 22.9. The Labute approximate surface area is 182 Å². The highest BCUT2D eigenvalue weighted by Crippen LogP contribution is 2.36. The number of hydrogen-bond acceptors (Lipinski definition) is 2. The fourth-order valence-electron chi connectivity index (χ4n) is 4.44. The number of quaternary nitrogens is 2. The maximum Gasteiger partial charge on any atom is 0.283 e. The van der Waals surface area contributed by atoms with E-state index in [-0.39, 0.29) is 11.8 Å². The molecule has 1 saturated heterocycles. The van der Waals surface area contributed by atoms with Gasteiger partial charge in [0.2, 0.25) is 5.91 Å². The van der Waals surface area contributed by atoms with Gasteiger partial charge in [-0.15, -0.1) is 0 Å². The van der Waals surface area contributed by atoms with E-state index in [9.17, 15) is 9.59 Å². The fraction of sp³-hybridized carbons (Fsp3) is 0.391. The quantitative estimate of drug-likeness (QED) is 0.659. The van der Waals surface area contributed by atoms with Crippen LogP contribution in [0.15, 0.2) is 48.5 Å². The summed E-state index contributed by atoms with van der Waals surface area (Å²) in [6, 6.07) is 15.5. The number of carbonyl (C=O) groups is 2. The molecule has 7 heteroatoms. The molecule has 6 nitrogen and oxygen atoms in total. The molecule has 2 aliphatic heterocycles. The Morgan fingerprint density at radius 3 is 2.50 bits per heavy atom. The Hall–Kier alpha value is -2.41. The molecule has 0 atom stereocenters. The van der Waals surface area contributed by atoms with Crippen LogP contribution in [-0.2, 0) is 16.1 Å². The number of carbonyl (C=O) groups excluding carboxylic acids is 2. The standard InChI is InChI=1S/C23H27ClN4O2/c1-23(2)22(30)25-19-8-3-4-9-20(19)28(23)21(29)16-27-12-10-26(11-13-27)15-17-6-5-7-18(24)14-17/h3-9,14H,10-13,15-16H2,1-2H3,(H,25,30)/p+2. The zero-order valence-electron chi connectivity index (χ0n) is 17.5. The van der Waals surface area contributed by atoms with Gasteiger partial charge in [-0.2, -0.15) is 0 Å². The number of hydrogen-bond donors (Lipinski definition) is 3. The van der Waals surface area contributed by atoms with Crippen LogP contribution in [0.5, 0.6) is 0 Å². The first-order chi connectivity index (χ1) is 14.3. The van der Waals surface area contributed by atoms with Crippen molar-refractivity contribution in [3.8, 4) is 0 Å². The number of anilines is 2. The van der Waals surface area contributed by atoms with E-state index in [2.05, 4.69) is 11.4 Å². The lowest BCUT2D eigenvalue weighted by Gasteiger charge is -2.42. The van der Waals surface area contributed by atoms with E-state index in [1.54, 1.807) is 18.7 Å². The van der Waals surface area contributed by atoms with Gasteiger partial charge in [-0.3, -0.25) is 14.5 Å². The lowest BCUT2D eigenvalue weighted by molar-refractivity contribution is -1.02. The van der Waals surface area contributed by atoms with Gasteiger partial charge in [0, 0.05) is 10.6 Å². The second kappa shape index (κ2) is 8.38. The van der Waals surface area contributed by atoms with Gasteiger partial charge in [0.1, 0.15) is 38.3 Å². The van der Waals surface area contributed by atoms with E-state index >= 15 is 0 Å². The predicted octanol–water partition coefficient (Wildman–Crippen LogP) is 0.387. The first-order valence-electron chi connectivity index (χ1n) is 10.5. The number of halogens is 1. The lowest BCUT2D eigenvalue weighted by Crippen LogP contribution is -3.28. The van der Waals surface area contributed by atoms with E-state index in [0.29, 0.717) is 12.2 Å². The molecule has 0 bridgehead atoms. The van der Waals surface area contributed by atoms with E-state index in [1.165, 1.54) is 15.4 Å². The Kier molecular flexibility index (Phi) is 5.82. The van der Waals surface area contributed by atoms with Crippen LogP contribution in [0.3, 0.4) is 0 Å². The van der Waals surface area contributed by atoms with E-state index in [1.807, 2.05) is 42.5 Å². The number of piperazine rings is 1. The number of nitrogens with one attached hydrogen (secondary N) is 3. The number of amides is 2. The first-order valence-corrected chi connectivity index (χ1v) is 10.9. The van der Waals surface area contributed by atoms with Gasteiger partial charge in [-0.1, -0.05) is 35.9 Å². The average Bonchev–Trinajstić information content (AvgIpc) is 2.70. The van der Waals surface area contributed by atoms with Crippen molar-refractivity contribution in [2.45, 2.75) is 25.9 Å². The molecule has 2 aromatic rings. The van der Waals surface area contributed by atoms with Gasteiger partial charge < -0.3 is 15.1 Å². The molecule has 2 heterocycles. The van der Waals surface area contributed by atoms with Gasteiger partial charge in [0.05, 0.1) is 11.4 Å². The maximum atomic E-state index is 13.3. The maximum absolute atomic E-state index is 13.3. The molecule has 2 amide bonds. The van der Waals surface area contributed by atoms with Crippen LogP contribution in [0.4, 0.5) is 11.4 Å². The van der Waals surface area contributed by atoms with Crippen molar-refractivity contribution in [2.75, 3.05) is 42.9 Å². The fourth-order valence-corrected chi connectivity index (χ4v) is 4.65. The molecule has 0 radical (unpaired) electrons. The smallest absolute Gasteiger partial charge is 0.283 e. The summed E-state index contributed by atoms with van der Waals surface area (Å²) in [7, 11) is 0. The van der Waals surface area contributed by atoms with Gasteiger partial charge in [-0.05, 0) is 38.1 Å². The molecule has 0 spiro atoms. The Bertz CT molecular complexity index is 954. The van der Waals surface area contributed by atoms with E-state index in [0.717, 1.165) is 43.4 Å². The molecule has 0 aliphatic carbocycles. The highest BCUT2D eigenvalue weighted by molar-refractivity contribution is 6.30. The first kappa shape index (κ1) is 20.8. The number of benzene rings is 2. The third-order valence-corrected chi connectivity index (χ3v) is 6.40. The van der Waals surface area contributed by atoms with Gasteiger partial charge in [-0.25, -0.2) is 0 Å². The monoisotopic (exact) mass is 428 g/mol. The third kappa shape index (κ3) is 4.21. The molecule has 3 N–H and O–H groups in total. The molecule has 2 aliphatic rings. The molecule has 4 rings (SSSR count). The van der Waals surface area contributed by atoms with Crippen molar-refractivity contribution < 1.29 is 19.4 Å². The summed E-state index contributed by atoms with van der Waals surface area (Å²) in [6.45, 7) is 8.85. The highest BCUT2D eigenvalue weighted by Gasteiger charge is 2.44. The van der Waals surface area contributed by atoms with Gasteiger partial charge in [0.15, 0.2) is 6.54 Å². The zero-order chi connectivity index (χ0) is 21.3. The summed E-state index contributed by atoms with van der Waals surface area (Å²) >= 11 is 6.10. The molecule has 158 valence electrons. The predicted molar refractivity (Wildman–Crippen MR) is 118 cm³/mol. The lowest BCUT2D eigenvalue weighted by atomic mass is 9.96. The molecular weight excluding hydrogens is 400 g/mol. The van der Waals surface area contributed by atoms with Crippen molar-refractivity contribution in [1.82, 2.24) is 0 Å². The molecule has 0 unspecified atom stereocenters. The van der Waals surface area contributed by atoms with Crippen LogP contribution in [0.2, 0.25) is 5.02 Å². The SMILES string of the molecule is CC1(C)C(=O)Nc2ccccc2N1C(=O)C[NH+]1CC[NH+](Cc2cccc(Cl)c2)CC1. The van der Waals surface area contributed by atoms with Crippen LogP contribution >= 0.6 is 11.6 Å². The van der Waals surface area contributed by atoms with Crippen LogP contribution in [0, 0.1) is 0 Å². The van der Waals surface area contributed by atoms with Crippen LogP contribution in [0.1, 0.15) is 19.4 Å². The van der Waals surface area contributed by atoms with Gasteiger partial charge in [0.25, 0.3) is 5.91 Å². The summed E-state index contributed by atoms with van der Waals surface area (Å²) in [5.74, 6) is -0.157. The Morgan fingerprint density at radius 2 is 1.77 bits per heavy atom. The number of fused-ring (bicyclic) bond motifs is 1. The largest absolute Gasteiger partial charge is 0.322 e. The average molecular weight is 429 g/mol. The molecule has 1 fully saturated rings. The molecule has 30 heavy (non-hydrogen) atoms. The van der Waals surface area contributed by atoms with Crippen LogP contribution in [0.25, 0.3) is 0 Å². The molecule has 0 aromatic heterocycles. The van der Waals surface area contributed by atoms with E-state index < -0.39 is 5.54 Å². The Balaban J connectivity index is 1.39. The second-order valence-electron chi connectivity index (χ2n) is 8.74. The summed E-state index contributed by atoms with van der Waals surface area (Å²) in [5.41, 5.74) is 1.80. The zero-order valence-corrected chi connectivity index (χ0v) is 18.3.